The van der Waals surface area contributed by atoms with E-state index < -0.39 is 5.97 Å². The van der Waals surface area contributed by atoms with E-state index in [1.165, 1.54) is 64.2 Å². The molecule has 4 fully saturated rings. The largest absolute Gasteiger partial charge is 0.481 e. The van der Waals surface area contributed by atoms with Gasteiger partial charge in [-0.2, -0.15) is 0 Å². The summed E-state index contributed by atoms with van der Waals surface area (Å²) in [5, 5.41) is 13.6. The Morgan fingerprint density at radius 1 is 0.946 bits per heavy atom. The lowest BCUT2D eigenvalue weighted by Crippen LogP contribution is -2.54. The van der Waals surface area contributed by atoms with E-state index in [0.29, 0.717) is 36.1 Å². The number of azide groups is 1. The van der Waals surface area contributed by atoms with Gasteiger partial charge in [-0.15, -0.1) is 0 Å². The zero-order chi connectivity index (χ0) is 26.8. The molecule has 0 amide bonds. The summed E-state index contributed by atoms with van der Waals surface area (Å²) < 4.78 is 0. The van der Waals surface area contributed by atoms with Crippen molar-refractivity contribution in [3.05, 3.63) is 10.4 Å². The topological polar surface area (TPSA) is 86.1 Å². The number of carbonyl (C=O) groups is 1. The second kappa shape index (κ2) is 11.9. The van der Waals surface area contributed by atoms with E-state index in [0.717, 1.165) is 48.3 Å². The van der Waals surface area contributed by atoms with Crippen LogP contribution < -0.4 is 0 Å². The fourth-order valence-corrected chi connectivity index (χ4v) is 10.7. The van der Waals surface area contributed by atoms with Gasteiger partial charge in [0.15, 0.2) is 0 Å². The van der Waals surface area contributed by atoms with Crippen molar-refractivity contribution in [3.63, 3.8) is 0 Å². The number of fused-ring (bicyclic) bond motifs is 5. The van der Waals surface area contributed by atoms with Crippen LogP contribution in [0.5, 0.6) is 0 Å². The Labute approximate surface area is 226 Å². The van der Waals surface area contributed by atoms with Crippen LogP contribution in [0.15, 0.2) is 5.11 Å². The Kier molecular flexibility index (Phi) is 9.25. The van der Waals surface area contributed by atoms with Crippen molar-refractivity contribution in [2.45, 2.75) is 125 Å². The average molecular weight is 514 g/mol. The SMILES string of the molecule is CC(C)CCCC(C)C1CCC2C3CC[C@H]4C[C@@H](C(CCCN=[N+]=[N-])C(=O)O)CC[C@]4(C)C3CC[C@]12C. The molecule has 0 aromatic carbocycles. The summed E-state index contributed by atoms with van der Waals surface area (Å²) in [6.07, 6.45) is 17.3. The van der Waals surface area contributed by atoms with E-state index in [1.54, 1.807) is 0 Å². The van der Waals surface area contributed by atoms with Crippen molar-refractivity contribution in [2.75, 3.05) is 6.54 Å². The maximum absolute atomic E-state index is 12.2. The van der Waals surface area contributed by atoms with Crippen LogP contribution in [0.25, 0.3) is 10.4 Å². The molecule has 10 atom stereocenters. The highest BCUT2D eigenvalue weighted by molar-refractivity contribution is 5.70. The normalized spacial score (nSPS) is 40.7. The molecule has 0 aliphatic heterocycles. The zero-order valence-corrected chi connectivity index (χ0v) is 24.5. The van der Waals surface area contributed by atoms with Gasteiger partial charge in [0.25, 0.3) is 0 Å². The first-order valence-electron chi connectivity index (χ1n) is 15.9. The minimum atomic E-state index is -0.642. The van der Waals surface area contributed by atoms with Crippen LogP contribution in [0.3, 0.4) is 0 Å². The number of nitrogens with zero attached hydrogens (tertiary/aromatic N) is 3. The van der Waals surface area contributed by atoms with Crippen LogP contribution in [-0.4, -0.2) is 17.6 Å². The Balaban J connectivity index is 1.40. The molecule has 5 heteroatoms. The lowest BCUT2D eigenvalue weighted by molar-refractivity contribution is -0.150. The van der Waals surface area contributed by atoms with Gasteiger partial charge in [-0.1, -0.05) is 59.0 Å². The van der Waals surface area contributed by atoms with Crippen LogP contribution >= 0.6 is 0 Å². The molecule has 0 spiro atoms. The fraction of sp³-hybridized carbons (Fsp3) is 0.969. The van der Waals surface area contributed by atoms with Gasteiger partial charge in [-0.25, -0.2) is 0 Å². The highest BCUT2D eigenvalue weighted by atomic mass is 16.4. The minimum absolute atomic E-state index is 0.279. The molecule has 0 aromatic rings. The monoisotopic (exact) mass is 513 g/mol. The Morgan fingerprint density at radius 2 is 1.68 bits per heavy atom. The van der Waals surface area contributed by atoms with Gasteiger partial charge in [-0.05, 0) is 134 Å². The van der Waals surface area contributed by atoms with Gasteiger partial charge in [0.1, 0.15) is 0 Å². The van der Waals surface area contributed by atoms with Crippen LogP contribution in [0, 0.1) is 64.1 Å². The number of carboxylic acids is 1. The summed E-state index contributed by atoms with van der Waals surface area (Å²) in [6, 6.07) is 0. The molecule has 0 heterocycles. The van der Waals surface area contributed by atoms with E-state index in [4.69, 9.17) is 5.53 Å². The van der Waals surface area contributed by atoms with Crippen LogP contribution in [0.4, 0.5) is 0 Å². The third kappa shape index (κ3) is 5.73. The second-order valence-corrected chi connectivity index (χ2v) is 14.8. The van der Waals surface area contributed by atoms with Crippen molar-refractivity contribution in [2.24, 2.45) is 69.2 Å². The maximum atomic E-state index is 12.2. The Bertz CT molecular complexity index is 838. The summed E-state index contributed by atoms with van der Waals surface area (Å²) in [6.45, 7) is 13.0. The molecule has 4 aliphatic carbocycles. The lowest BCUT2D eigenvalue weighted by atomic mass is 9.43. The van der Waals surface area contributed by atoms with E-state index in [9.17, 15) is 9.90 Å². The third-order valence-electron chi connectivity index (χ3n) is 12.6. The summed E-state index contributed by atoms with van der Waals surface area (Å²) in [4.78, 5) is 15.0. The predicted molar refractivity (Wildman–Crippen MR) is 151 cm³/mol. The van der Waals surface area contributed by atoms with Gasteiger partial charge in [0, 0.05) is 11.5 Å². The molecule has 0 aromatic heterocycles. The van der Waals surface area contributed by atoms with Crippen molar-refractivity contribution < 1.29 is 9.90 Å². The molecule has 4 rings (SSSR count). The summed E-state index contributed by atoms with van der Waals surface area (Å²) >= 11 is 0. The molecule has 0 bridgehead atoms. The first kappa shape index (κ1) is 28.8. The molecular formula is C32H55N3O2. The molecule has 210 valence electrons. The van der Waals surface area contributed by atoms with Crippen LogP contribution in [-0.2, 0) is 4.79 Å². The summed E-state index contributed by atoms with van der Waals surface area (Å²) in [7, 11) is 0. The number of hydrogen-bond acceptors (Lipinski definition) is 2. The summed E-state index contributed by atoms with van der Waals surface area (Å²) in [5.74, 6) is 5.29. The first-order chi connectivity index (χ1) is 17.6. The Hall–Kier alpha value is -1.22. The predicted octanol–water partition coefficient (Wildman–Crippen LogP) is 9.52. The number of aliphatic carboxylic acids is 1. The lowest BCUT2D eigenvalue weighted by Gasteiger charge is -2.61. The van der Waals surface area contributed by atoms with Gasteiger partial charge in [0.05, 0.1) is 5.92 Å². The van der Waals surface area contributed by atoms with Gasteiger partial charge >= 0.3 is 5.97 Å². The standard InChI is InChI=1S/C32H55N3O2/c1-21(2)8-6-9-22(3)27-13-14-28-26-12-11-24-20-23(25(30(36)37)10-7-19-34-35-33)15-17-31(24,4)29(26)16-18-32(27,28)5/h21-29H,6-20H2,1-5H3,(H,36,37)/t22?,23-,24-,25?,26?,27?,28?,29?,31-,32+/m0/s1. The first-order valence-corrected chi connectivity index (χ1v) is 15.9. The highest BCUT2D eigenvalue weighted by Crippen LogP contribution is 2.69. The maximum Gasteiger partial charge on any atom is 0.306 e. The van der Waals surface area contributed by atoms with Gasteiger partial charge in [-0.3, -0.25) is 4.79 Å². The average Bonchev–Trinajstić information content (AvgIpc) is 3.20. The van der Waals surface area contributed by atoms with Gasteiger partial charge in [0.2, 0.25) is 0 Å². The molecular weight excluding hydrogens is 458 g/mol. The highest BCUT2D eigenvalue weighted by Gasteiger charge is 2.60. The smallest absolute Gasteiger partial charge is 0.306 e. The Morgan fingerprint density at radius 3 is 2.38 bits per heavy atom. The molecule has 5 nitrogen and oxygen atoms in total. The van der Waals surface area contributed by atoms with Crippen molar-refractivity contribution >= 4 is 5.97 Å². The third-order valence-corrected chi connectivity index (χ3v) is 12.6. The number of rotatable bonds is 11. The van der Waals surface area contributed by atoms with Gasteiger partial charge < -0.3 is 5.11 Å². The van der Waals surface area contributed by atoms with Crippen LogP contribution in [0.1, 0.15) is 125 Å². The fourth-order valence-electron chi connectivity index (χ4n) is 10.7. The molecule has 6 unspecified atom stereocenters. The van der Waals surface area contributed by atoms with E-state index in [1.807, 2.05) is 0 Å². The number of hydrogen-bond donors (Lipinski definition) is 1. The summed E-state index contributed by atoms with van der Waals surface area (Å²) in [5.41, 5.74) is 9.49. The molecule has 1 N–H and O–H groups in total. The molecule has 37 heavy (non-hydrogen) atoms. The second-order valence-electron chi connectivity index (χ2n) is 14.8. The molecule has 0 saturated heterocycles. The molecule has 4 aliphatic rings. The van der Waals surface area contributed by atoms with E-state index >= 15 is 0 Å². The minimum Gasteiger partial charge on any atom is -0.481 e. The van der Waals surface area contributed by atoms with E-state index in [-0.39, 0.29) is 11.8 Å². The van der Waals surface area contributed by atoms with Crippen molar-refractivity contribution in [1.82, 2.24) is 0 Å². The molecule has 0 radical (unpaired) electrons. The molecule has 4 saturated carbocycles. The quantitative estimate of drug-likeness (QED) is 0.129. The van der Waals surface area contributed by atoms with Crippen molar-refractivity contribution in [1.29, 1.82) is 0 Å². The zero-order valence-electron chi connectivity index (χ0n) is 24.5. The van der Waals surface area contributed by atoms with Crippen molar-refractivity contribution in [3.8, 4) is 0 Å². The number of carboxylic acid groups (broad SMARTS) is 1. The van der Waals surface area contributed by atoms with E-state index in [2.05, 4.69) is 44.6 Å². The van der Waals surface area contributed by atoms with Crippen LogP contribution in [0.2, 0.25) is 0 Å².